The second-order valence-electron chi connectivity index (χ2n) is 5.21. The Morgan fingerprint density at radius 3 is 2.52 bits per heavy atom. The molecule has 2 rings (SSSR count). The summed E-state index contributed by atoms with van der Waals surface area (Å²) in [6, 6.07) is 10.1. The Bertz CT molecular complexity index is 939. The minimum atomic E-state index is -4.02. The maximum Gasteiger partial charge on any atom is 0.248 e. The van der Waals surface area contributed by atoms with Crippen LogP contribution in [0.3, 0.4) is 0 Å². The third-order valence-corrected chi connectivity index (χ3v) is 4.32. The van der Waals surface area contributed by atoms with Gasteiger partial charge in [-0.3, -0.25) is 4.79 Å². The van der Waals surface area contributed by atoms with Crippen molar-refractivity contribution in [2.24, 2.45) is 5.14 Å². The van der Waals surface area contributed by atoms with Gasteiger partial charge in [-0.2, -0.15) is 0 Å². The fourth-order valence-corrected chi connectivity index (χ4v) is 2.93. The molecule has 0 radical (unpaired) electrons. The van der Waals surface area contributed by atoms with Gasteiger partial charge in [0.1, 0.15) is 16.5 Å². The minimum absolute atomic E-state index is 0.0681. The number of benzene rings is 2. The van der Waals surface area contributed by atoms with Gasteiger partial charge in [-0.15, -0.1) is 0 Å². The second kappa shape index (κ2) is 7.45. The van der Waals surface area contributed by atoms with E-state index in [4.69, 9.17) is 9.88 Å². The third kappa shape index (κ3) is 4.65. The van der Waals surface area contributed by atoms with Crippen LogP contribution in [0.1, 0.15) is 12.5 Å². The van der Waals surface area contributed by atoms with Gasteiger partial charge < -0.3 is 10.1 Å². The maximum atomic E-state index is 13.7. The number of halogens is 1. The number of primary sulfonamides is 1. The quantitative estimate of drug-likeness (QED) is 0.797. The molecule has 3 N–H and O–H groups in total. The summed E-state index contributed by atoms with van der Waals surface area (Å²) in [5.41, 5.74) is 0.945. The van der Waals surface area contributed by atoms with E-state index in [0.717, 1.165) is 0 Å². The van der Waals surface area contributed by atoms with Crippen molar-refractivity contribution in [3.8, 4) is 5.75 Å². The lowest BCUT2D eigenvalue weighted by Crippen LogP contribution is -2.15. The van der Waals surface area contributed by atoms with Crippen molar-refractivity contribution in [2.45, 2.75) is 11.8 Å². The molecule has 8 heteroatoms. The van der Waals surface area contributed by atoms with Crippen molar-refractivity contribution in [3.63, 3.8) is 0 Å². The predicted octanol–water partition coefficient (Wildman–Crippen LogP) is 2.52. The van der Waals surface area contributed by atoms with Crippen LogP contribution >= 0.6 is 0 Å². The van der Waals surface area contributed by atoms with Gasteiger partial charge in [0.25, 0.3) is 0 Å². The van der Waals surface area contributed by atoms with Crippen molar-refractivity contribution in [1.82, 2.24) is 0 Å². The Morgan fingerprint density at radius 2 is 1.92 bits per heavy atom. The highest BCUT2D eigenvalue weighted by molar-refractivity contribution is 7.89. The van der Waals surface area contributed by atoms with Crippen molar-refractivity contribution in [1.29, 1.82) is 0 Å². The summed E-state index contributed by atoms with van der Waals surface area (Å²) >= 11 is 0. The first-order chi connectivity index (χ1) is 11.7. The van der Waals surface area contributed by atoms with Gasteiger partial charge in [-0.05, 0) is 36.8 Å². The number of carbonyl (C=O) groups excluding carboxylic acids is 1. The molecule has 0 aliphatic heterocycles. The van der Waals surface area contributed by atoms with E-state index in [-0.39, 0.29) is 16.3 Å². The van der Waals surface area contributed by atoms with Gasteiger partial charge in [0.15, 0.2) is 0 Å². The summed E-state index contributed by atoms with van der Waals surface area (Å²) in [5.74, 6) is -0.908. The Balaban J connectivity index is 2.27. The van der Waals surface area contributed by atoms with Crippen LogP contribution in [0.15, 0.2) is 53.4 Å². The first-order valence-corrected chi connectivity index (χ1v) is 8.72. The predicted molar refractivity (Wildman–Crippen MR) is 93.0 cm³/mol. The van der Waals surface area contributed by atoms with Crippen LogP contribution in [0.4, 0.5) is 10.1 Å². The highest BCUT2D eigenvalue weighted by Crippen LogP contribution is 2.26. The number of allylic oxidation sites excluding steroid dienone is 1. The molecule has 0 saturated heterocycles. The van der Waals surface area contributed by atoms with Crippen molar-refractivity contribution < 1.29 is 22.3 Å². The van der Waals surface area contributed by atoms with Crippen LogP contribution in [-0.2, 0) is 14.8 Å². The molecule has 25 heavy (non-hydrogen) atoms. The van der Waals surface area contributed by atoms with Crippen LogP contribution < -0.4 is 15.2 Å². The van der Waals surface area contributed by atoms with E-state index in [9.17, 15) is 17.6 Å². The van der Waals surface area contributed by atoms with E-state index in [2.05, 4.69) is 5.32 Å². The fourth-order valence-electron chi connectivity index (χ4n) is 2.21. The number of carbonyl (C=O) groups is 1. The summed E-state index contributed by atoms with van der Waals surface area (Å²) in [6.45, 7) is 1.60. The Labute approximate surface area is 145 Å². The van der Waals surface area contributed by atoms with Crippen LogP contribution in [-0.4, -0.2) is 21.4 Å². The van der Waals surface area contributed by atoms with Gasteiger partial charge in [-0.25, -0.2) is 17.9 Å². The molecule has 0 fully saturated rings. The van der Waals surface area contributed by atoms with Gasteiger partial charge in [0.2, 0.25) is 15.9 Å². The first kappa shape index (κ1) is 18.6. The van der Waals surface area contributed by atoms with Crippen molar-refractivity contribution in [2.75, 3.05) is 12.4 Å². The number of nitrogens with two attached hydrogens (primary N) is 1. The van der Waals surface area contributed by atoms with Crippen LogP contribution in [0.2, 0.25) is 0 Å². The molecule has 0 saturated carbocycles. The summed E-state index contributed by atoms with van der Waals surface area (Å²) < 4.78 is 41.8. The Hall–Kier alpha value is -2.71. The smallest absolute Gasteiger partial charge is 0.248 e. The van der Waals surface area contributed by atoms with Gasteiger partial charge >= 0.3 is 0 Å². The zero-order valence-corrected chi connectivity index (χ0v) is 14.4. The molecule has 0 aliphatic carbocycles. The van der Waals surface area contributed by atoms with E-state index in [0.29, 0.717) is 11.1 Å². The number of nitrogens with one attached hydrogen (secondary N) is 1. The number of hydrogen-bond acceptors (Lipinski definition) is 4. The molecule has 0 aromatic heterocycles. The lowest BCUT2D eigenvalue weighted by atomic mass is 10.1. The SMILES string of the molecule is COc1ccc(NC(=O)C=C(C)c2ccccc2F)cc1S(N)(=O)=O. The average molecular weight is 364 g/mol. The van der Waals surface area contributed by atoms with Crippen LogP contribution in [0.25, 0.3) is 5.57 Å². The van der Waals surface area contributed by atoms with E-state index >= 15 is 0 Å². The monoisotopic (exact) mass is 364 g/mol. The standard InChI is InChI=1S/C17H17FN2O4S/c1-11(13-5-3-4-6-14(13)18)9-17(21)20-12-7-8-15(24-2)16(10-12)25(19,22)23/h3-10H,1-2H3,(H,20,21)(H2,19,22,23). The molecule has 0 aliphatic rings. The molecule has 0 heterocycles. The highest BCUT2D eigenvalue weighted by Gasteiger charge is 2.16. The maximum absolute atomic E-state index is 13.7. The van der Waals surface area contributed by atoms with Gasteiger partial charge in [0.05, 0.1) is 7.11 Å². The number of methoxy groups -OCH3 is 1. The van der Waals surface area contributed by atoms with Crippen LogP contribution in [0, 0.1) is 5.82 Å². The molecule has 2 aromatic rings. The Morgan fingerprint density at radius 1 is 1.24 bits per heavy atom. The summed E-state index contributed by atoms with van der Waals surface area (Å²) in [4.78, 5) is 11.9. The van der Waals surface area contributed by atoms with E-state index in [1.165, 1.54) is 37.5 Å². The van der Waals surface area contributed by atoms with E-state index in [1.807, 2.05) is 0 Å². The zero-order chi connectivity index (χ0) is 18.6. The molecule has 1 amide bonds. The van der Waals surface area contributed by atoms with E-state index in [1.54, 1.807) is 25.1 Å². The number of hydrogen-bond donors (Lipinski definition) is 2. The molecular weight excluding hydrogens is 347 g/mol. The number of anilines is 1. The highest BCUT2D eigenvalue weighted by atomic mass is 32.2. The number of rotatable bonds is 5. The Kier molecular flexibility index (Phi) is 5.55. The topological polar surface area (TPSA) is 98.5 Å². The first-order valence-electron chi connectivity index (χ1n) is 7.17. The van der Waals surface area contributed by atoms with Gasteiger partial charge in [0, 0.05) is 17.3 Å². The second-order valence-corrected chi connectivity index (χ2v) is 6.74. The molecule has 132 valence electrons. The molecule has 6 nitrogen and oxygen atoms in total. The molecule has 0 unspecified atom stereocenters. The molecule has 0 spiro atoms. The lowest BCUT2D eigenvalue weighted by molar-refractivity contribution is -0.111. The zero-order valence-electron chi connectivity index (χ0n) is 13.6. The van der Waals surface area contributed by atoms with E-state index < -0.39 is 21.7 Å². The van der Waals surface area contributed by atoms with Crippen molar-refractivity contribution in [3.05, 3.63) is 59.9 Å². The normalized spacial score (nSPS) is 11.9. The number of amides is 1. The van der Waals surface area contributed by atoms with Crippen LogP contribution in [0.5, 0.6) is 5.75 Å². The molecule has 0 bridgehead atoms. The summed E-state index contributed by atoms with van der Waals surface area (Å²) in [6.07, 6.45) is 1.22. The molecule has 2 aromatic carbocycles. The van der Waals surface area contributed by atoms with Crippen molar-refractivity contribution >= 4 is 27.2 Å². The largest absolute Gasteiger partial charge is 0.495 e. The summed E-state index contributed by atoms with van der Waals surface area (Å²) in [7, 11) is -2.71. The lowest BCUT2D eigenvalue weighted by Gasteiger charge is -2.10. The fraction of sp³-hybridized carbons (Fsp3) is 0.118. The summed E-state index contributed by atoms with van der Waals surface area (Å²) in [5, 5.41) is 7.64. The molecular formula is C17H17FN2O4S. The molecule has 0 atom stereocenters. The number of sulfonamides is 1. The minimum Gasteiger partial charge on any atom is -0.495 e. The number of ether oxygens (including phenoxy) is 1. The van der Waals surface area contributed by atoms with Gasteiger partial charge in [-0.1, -0.05) is 18.2 Å². The average Bonchev–Trinajstić information content (AvgIpc) is 2.54. The third-order valence-electron chi connectivity index (χ3n) is 3.38.